The Labute approximate surface area is 171 Å². The van der Waals surface area contributed by atoms with Crippen molar-refractivity contribution in [3.63, 3.8) is 0 Å². The largest absolute Gasteiger partial charge is 0.478 e. The number of hydrogen-bond acceptors (Lipinski definition) is 7. The van der Waals surface area contributed by atoms with Gasteiger partial charge in [0.15, 0.2) is 0 Å². The molecule has 8 nitrogen and oxygen atoms in total. The third-order valence-corrected chi connectivity index (χ3v) is 5.34. The van der Waals surface area contributed by atoms with Gasteiger partial charge in [-0.05, 0) is 35.9 Å². The van der Waals surface area contributed by atoms with Gasteiger partial charge in [-0.1, -0.05) is 24.3 Å². The molecule has 5 atom stereocenters. The van der Waals surface area contributed by atoms with Gasteiger partial charge in [-0.15, -0.1) is 0 Å². The Morgan fingerprint density at radius 1 is 0.967 bits per heavy atom. The highest BCUT2D eigenvalue weighted by Gasteiger charge is 2.43. The maximum Gasteiger partial charge on any atom is 0.335 e. The molecule has 0 spiro atoms. The van der Waals surface area contributed by atoms with Crippen LogP contribution in [0.5, 0.6) is 0 Å². The first-order valence-electron chi connectivity index (χ1n) is 9.44. The smallest absolute Gasteiger partial charge is 0.335 e. The molecule has 2 aromatic carbocycles. The lowest BCUT2D eigenvalue weighted by Crippen LogP contribution is -2.55. The van der Waals surface area contributed by atoms with Crippen molar-refractivity contribution in [3.05, 3.63) is 65.7 Å². The van der Waals surface area contributed by atoms with Crippen LogP contribution >= 0.6 is 0 Å². The number of aliphatic hydroxyl groups is 4. The predicted octanol–water partition coefficient (Wildman–Crippen LogP) is 1.11. The summed E-state index contributed by atoms with van der Waals surface area (Å²) in [5.74, 6) is -1.01. The standard InChI is InChI=1S/C22H21NO7/c24-10-17-18(25)19(26)20(27)21(30-17)13-3-1-2-11(8-13)15-6-4-12-9-14(22(28)29)5-7-16(12)23-15/h1-9,17-21,24-27H,10H2,(H,28,29)/t17-,18-,19+,20-,21-/m1/s1. The fraction of sp³-hybridized carbons (Fsp3) is 0.273. The fourth-order valence-corrected chi connectivity index (χ4v) is 3.67. The fourth-order valence-electron chi connectivity index (χ4n) is 3.67. The van der Waals surface area contributed by atoms with Gasteiger partial charge in [0.2, 0.25) is 0 Å². The molecule has 0 aliphatic carbocycles. The molecule has 1 fully saturated rings. The van der Waals surface area contributed by atoms with E-state index in [0.29, 0.717) is 22.2 Å². The second kappa shape index (κ2) is 8.10. The third-order valence-electron chi connectivity index (χ3n) is 5.34. The van der Waals surface area contributed by atoms with Gasteiger partial charge in [-0.25, -0.2) is 9.78 Å². The molecule has 5 N–H and O–H groups in total. The van der Waals surface area contributed by atoms with Crippen molar-refractivity contribution in [1.82, 2.24) is 4.98 Å². The molecule has 30 heavy (non-hydrogen) atoms. The van der Waals surface area contributed by atoms with Crippen LogP contribution in [0, 0.1) is 0 Å². The highest BCUT2D eigenvalue weighted by atomic mass is 16.5. The van der Waals surface area contributed by atoms with E-state index in [0.717, 1.165) is 5.56 Å². The van der Waals surface area contributed by atoms with Crippen LogP contribution < -0.4 is 0 Å². The summed E-state index contributed by atoms with van der Waals surface area (Å²) in [4.78, 5) is 15.7. The van der Waals surface area contributed by atoms with Crippen molar-refractivity contribution in [2.24, 2.45) is 0 Å². The van der Waals surface area contributed by atoms with Gasteiger partial charge < -0.3 is 30.3 Å². The first kappa shape index (κ1) is 20.4. The zero-order chi connectivity index (χ0) is 21.4. The van der Waals surface area contributed by atoms with E-state index in [9.17, 15) is 25.2 Å². The molecule has 3 aromatic rings. The van der Waals surface area contributed by atoms with Crippen LogP contribution in [0.4, 0.5) is 0 Å². The Morgan fingerprint density at radius 2 is 1.77 bits per heavy atom. The lowest BCUT2D eigenvalue weighted by Gasteiger charge is -2.40. The minimum absolute atomic E-state index is 0.182. The number of ether oxygens (including phenoxy) is 1. The maximum absolute atomic E-state index is 11.1. The van der Waals surface area contributed by atoms with E-state index >= 15 is 0 Å². The molecule has 1 saturated heterocycles. The van der Waals surface area contributed by atoms with E-state index in [1.54, 1.807) is 42.5 Å². The van der Waals surface area contributed by atoms with Crippen molar-refractivity contribution >= 4 is 16.9 Å². The molecule has 2 heterocycles. The minimum Gasteiger partial charge on any atom is -0.478 e. The minimum atomic E-state index is -1.45. The van der Waals surface area contributed by atoms with Gasteiger partial charge >= 0.3 is 5.97 Å². The monoisotopic (exact) mass is 411 g/mol. The maximum atomic E-state index is 11.1. The number of carbonyl (C=O) groups is 1. The number of carboxylic acids is 1. The van der Waals surface area contributed by atoms with Crippen molar-refractivity contribution in [1.29, 1.82) is 0 Å². The molecule has 0 amide bonds. The van der Waals surface area contributed by atoms with E-state index in [1.165, 1.54) is 6.07 Å². The second-order valence-corrected chi connectivity index (χ2v) is 7.28. The Bertz CT molecular complexity index is 1080. The average Bonchev–Trinajstić information content (AvgIpc) is 2.77. The lowest BCUT2D eigenvalue weighted by molar-refractivity contribution is -0.231. The number of pyridine rings is 1. The summed E-state index contributed by atoms with van der Waals surface area (Å²) in [5, 5.41) is 49.6. The molecule has 0 saturated carbocycles. The van der Waals surface area contributed by atoms with Crippen molar-refractivity contribution in [2.45, 2.75) is 30.5 Å². The number of aliphatic hydroxyl groups excluding tert-OH is 4. The molecule has 0 radical (unpaired) electrons. The van der Waals surface area contributed by atoms with Crippen molar-refractivity contribution in [2.75, 3.05) is 6.61 Å². The van der Waals surface area contributed by atoms with Gasteiger partial charge in [-0.2, -0.15) is 0 Å². The number of rotatable bonds is 4. The molecule has 0 unspecified atom stereocenters. The molecule has 1 aliphatic heterocycles. The van der Waals surface area contributed by atoms with E-state index in [-0.39, 0.29) is 5.56 Å². The first-order chi connectivity index (χ1) is 14.4. The van der Waals surface area contributed by atoms with Gasteiger partial charge in [0.25, 0.3) is 0 Å². The zero-order valence-electron chi connectivity index (χ0n) is 15.8. The molecule has 1 aromatic heterocycles. The van der Waals surface area contributed by atoms with Crippen LogP contribution in [0.3, 0.4) is 0 Å². The average molecular weight is 411 g/mol. The summed E-state index contributed by atoms with van der Waals surface area (Å²) >= 11 is 0. The summed E-state index contributed by atoms with van der Waals surface area (Å²) in [6.07, 6.45) is -6.15. The van der Waals surface area contributed by atoms with Gasteiger partial charge in [0, 0.05) is 10.9 Å². The molecule has 8 heteroatoms. The SMILES string of the molecule is O=C(O)c1ccc2nc(-c3cccc([C@H]4O[C@H](CO)[C@@H](O)[C@H](O)[C@H]4O)c3)ccc2c1. The van der Waals surface area contributed by atoms with E-state index in [4.69, 9.17) is 9.84 Å². The van der Waals surface area contributed by atoms with E-state index in [1.807, 2.05) is 6.07 Å². The molecule has 0 bridgehead atoms. The van der Waals surface area contributed by atoms with E-state index < -0.39 is 43.1 Å². The topological polar surface area (TPSA) is 140 Å². The van der Waals surface area contributed by atoms with E-state index in [2.05, 4.69) is 4.98 Å². The summed E-state index contributed by atoms with van der Waals surface area (Å²) in [7, 11) is 0. The summed E-state index contributed by atoms with van der Waals surface area (Å²) in [6, 6.07) is 15.3. The van der Waals surface area contributed by atoms with Crippen molar-refractivity contribution in [3.8, 4) is 11.3 Å². The third kappa shape index (κ3) is 3.67. The highest BCUT2D eigenvalue weighted by Crippen LogP contribution is 2.34. The van der Waals surface area contributed by atoms with Crippen LogP contribution in [0.15, 0.2) is 54.6 Å². The Morgan fingerprint density at radius 3 is 2.50 bits per heavy atom. The van der Waals surface area contributed by atoms with Crippen LogP contribution in [-0.2, 0) is 4.74 Å². The van der Waals surface area contributed by atoms with Crippen LogP contribution in [0.2, 0.25) is 0 Å². The van der Waals surface area contributed by atoms with Crippen LogP contribution in [0.1, 0.15) is 22.0 Å². The molecule has 1 aliphatic rings. The number of aromatic nitrogens is 1. The summed E-state index contributed by atoms with van der Waals surface area (Å²) < 4.78 is 5.63. The van der Waals surface area contributed by atoms with Gasteiger partial charge in [0.1, 0.15) is 30.5 Å². The molecule has 156 valence electrons. The molecule has 4 rings (SSSR count). The van der Waals surface area contributed by atoms with Crippen molar-refractivity contribution < 1.29 is 35.1 Å². The Hall–Kier alpha value is -2.88. The number of nitrogens with zero attached hydrogens (tertiary/aromatic N) is 1. The number of fused-ring (bicyclic) bond motifs is 1. The Balaban J connectivity index is 1.68. The number of carboxylic acid groups (broad SMARTS) is 1. The summed E-state index contributed by atoms with van der Waals surface area (Å²) in [6.45, 7) is -0.494. The number of hydrogen-bond donors (Lipinski definition) is 5. The van der Waals surface area contributed by atoms with Gasteiger partial charge in [-0.3, -0.25) is 0 Å². The number of aromatic carboxylic acids is 1. The van der Waals surface area contributed by atoms with Gasteiger partial charge in [0.05, 0.1) is 23.4 Å². The normalized spacial score (nSPS) is 26.6. The first-order valence-corrected chi connectivity index (χ1v) is 9.44. The summed E-state index contributed by atoms with van der Waals surface area (Å²) in [5.41, 5.74) is 2.75. The molecular formula is C22H21NO7. The zero-order valence-corrected chi connectivity index (χ0v) is 15.8. The Kier molecular flexibility index (Phi) is 5.50. The second-order valence-electron chi connectivity index (χ2n) is 7.28. The number of benzene rings is 2. The van der Waals surface area contributed by atoms with Crippen LogP contribution in [-0.4, -0.2) is 67.5 Å². The highest BCUT2D eigenvalue weighted by molar-refractivity contribution is 5.93. The lowest BCUT2D eigenvalue weighted by atomic mass is 9.90. The molecular weight excluding hydrogens is 390 g/mol. The van der Waals surface area contributed by atoms with Crippen LogP contribution in [0.25, 0.3) is 22.2 Å². The quantitative estimate of drug-likeness (QED) is 0.430. The predicted molar refractivity (Wildman–Crippen MR) is 107 cm³/mol.